The lowest BCUT2D eigenvalue weighted by Crippen LogP contribution is -2.20. The highest BCUT2D eigenvalue weighted by Crippen LogP contribution is 2.32. The van der Waals surface area contributed by atoms with E-state index in [1.54, 1.807) is 24.3 Å². The molecule has 1 atom stereocenters. The first-order chi connectivity index (χ1) is 18.8. The average molecular weight is 539 g/mol. The molecular weight excluding hydrogens is 509 g/mol. The number of anilines is 1. The zero-order valence-corrected chi connectivity index (χ0v) is 21.6. The molecule has 3 aromatic carbocycles. The maximum absolute atomic E-state index is 13.1. The Bertz CT molecular complexity index is 1360. The topological polar surface area (TPSA) is 78.3 Å². The Kier molecular flexibility index (Phi) is 8.98. The minimum absolute atomic E-state index is 0.0654. The second-order valence-corrected chi connectivity index (χ2v) is 8.66. The molecule has 4 rings (SSSR count). The number of aromatic nitrogens is 3. The number of nitrogens with zero attached hydrogens (tertiary/aromatic N) is 3. The lowest BCUT2D eigenvalue weighted by atomic mass is 9.95. The minimum Gasteiger partial charge on any atom is -0.460 e. The summed E-state index contributed by atoms with van der Waals surface area (Å²) in [7, 11) is 0. The van der Waals surface area contributed by atoms with Crippen molar-refractivity contribution in [1.82, 2.24) is 14.8 Å². The molecule has 0 saturated heterocycles. The van der Waals surface area contributed by atoms with Crippen molar-refractivity contribution < 1.29 is 27.4 Å². The molecule has 0 aliphatic rings. The van der Waals surface area contributed by atoms with Crippen molar-refractivity contribution in [2.75, 3.05) is 25.1 Å². The highest BCUT2D eigenvalue weighted by molar-refractivity contribution is 5.95. The molecule has 1 aromatic heterocycles. The van der Waals surface area contributed by atoms with Crippen molar-refractivity contribution in [3.63, 3.8) is 0 Å². The van der Waals surface area contributed by atoms with Gasteiger partial charge in [0.05, 0.1) is 23.8 Å². The van der Waals surface area contributed by atoms with Crippen LogP contribution in [0.5, 0.6) is 6.01 Å². The third kappa shape index (κ3) is 7.02. The average Bonchev–Trinajstić information content (AvgIpc) is 3.36. The molecule has 10 heteroatoms. The summed E-state index contributed by atoms with van der Waals surface area (Å²) >= 11 is 0. The smallest absolute Gasteiger partial charge is 0.416 e. The van der Waals surface area contributed by atoms with Gasteiger partial charge in [-0.2, -0.15) is 18.2 Å². The van der Waals surface area contributed by atoms with Gasteiger partial charge in [-0.25, -0.2) is 4.68 Å². The molecule has 7 nitrogen and oxygen atoms in total. The number of ether oxygens (including phenoxy) is 2. The molecule has 1 amide bonds. The lowest BCUT2D eigenvalue weighted by Gasteiger charge is -2.15. The molecule has 1 unspecified atom stereocenters. The van der Waals surface area contributed by atoms with E-state index in [4.69, 9.17) is 9.47 Å². The predicted octanol–water partition coefficient (Wildman–Crippen LogP) is 6.50. The van der Waals surface area contributed by atoms with E-state index in [0.29, 0.717) is 42.4 Å². The molecule has 0 bridgehead atoms. The maximum atomic E-state index is 13.1. The Morgan fingerprint density at radius 2 is 1.64 bits per heavy atom. The lowest BCUT2D eigenvalue weighted by molar-refractivity contribution is -0.137. The number of hydrogen-bond donors (Lipinski definition) is 1. The number of carbonyl (C=O) groups is 1. The number of alkyl halides is 3. The van der Waals surface area contributed by atoms with Gasteiger partial charge in [0.25, 0.3) is 0 Å². The molecular formula is C29H29F3N4O3. The molecule has 0 aliphatic heterocycles. The van der Waals surface area contributed by atoms with E-state index in [1.807, 2.05) is 44.2 Å². The van der Waals surface area contributed by atoms with Gasteiger partial charge in [-0.05, 0) is 55.3 Å². The first kappa shape index (κ1) is 27.8. The van der Waals surface area contributed by atoms with Gasteiger partial charge in [-0.1, -0.05) is 49.4 Å². The summed E-state index contributed by atoms with van der Waals surface area (Å²) in [5.74, 6) is -0.0986. The van der Waals surface area contributed by atoms with Crippen LogP contribution in [-0.4, -0.2) is 40.5 Å². The number of hydrogen-bond acceptors (Lipinski definition) is 5. The fourth-order valence-corrected chi connectivity index (χ4v) is 4.04. The van der Waals surface area contributed by atoms with E-state index < -0.39 is 11.7 Å². The molecule has 204 valence electrons. The maximum Gasteiger partial charge on any atom is 0.416 e. The molecule has 0 radical (unpaired) electrons. The number of halogens is 3. The van der Waals surface area contributed by atoms with Crippen molar-refractivity contribution >= 4 is 11.6 Å². The Labute approximate surface area is 224 Å². The van der Waals surface area contributed by atoms with E-state index >= 15 is 0 Å². The largest absolute Gasteiger partial charge is 0.460 e. The Balaban J connectivity index is 1.58. The van der Waals surface area contributed by atoms with Gasteiger partial charge in [0.15, 0.2) is 5.82 Å². The predicted molar refractivity (Wildman–Crippen MR) is 142 cm³/mol. The van der Waals surface area contributed by atoms with Gasteiger partial charge < -0.3 is 14.8 Å². The van der Waals surface area contributed by atoms with Crippen LogP contribution in [0.3, 0.4) is 0 Å². The molecule has 0 fully saturated rings. The fourth-order valence-electron chi connectivity index (χ4n) is 4.04. The third-order valence-corrected chi connectivity index (χ3v) is 6.03. The van der Waals surface area contributed by atoms with Crippen LogP contribution in [0.15, 0.2) is 78.9 Å². The van der Waals surface area contributed by atoms with E-state index in [0.717, 1.165) is 17.7 Å². The Hall–Kier alpha value is -4.18. The first-order valence-electron chi connectivity index (χ1n) is 12.6. The molecule has 1 N–H and O–H groups in total. The second kappa shape index (κ2) is 12.6. The van der Waals surface area contributed by atoms with Gasteiger partial charge in [0.2, 0.25) is 5.91 Å². The standard InChI is InChI=1S/C29H29F3N4O3/c1-3-25(20-8-6-5-7-9-20)27(37)33-23-14-16-24(17-15-23)36-26(34-28(35-36)39-19-18-38-4-2)21-10-12-22(13-11-21)29(30,31)32/h5-17,25H,3-4,18-19H2,1-2H3,(H,33,37). The highest BCUT2D eigenvalue weighted by atomic mass is 19.4. The summed E-state index contributed by atoms with van der Waals surface area (Å²) in [6, 6.07) is 21.3. The van der Waals surface area contributed by atoms with Crippen molar-refractivity contribution in [2.24, 2.45) is 0 Å². The summed E-state index contributed by atoms with van der Waals surface area (Å²) < 4.78 is 51.6. The molecule has 39 heavy (non-hydrogen) atoms. The normalized spacial score (nSPS) is 12.2. The number of rotatable bonds is 11. The van der Waals surface area contributed by atoms with Crippen LogP contribution < -0.4 is 10.1 Å². The second-order valence-electron chi connectivity index (χ2n) is 8.66. The molecule has 1 heterocycles. The van der Waals surface area contributed by atoms with E-state index in [-0.39, 0.29) is 24.4 Å². The van der Waals surface area contributed by atoms with E-state index in [9.17, 15) is 18.0 Å². The Morgan fingerprint density at radius 3 is 2.26 bits per heavy atom. The number of benzene rings is 3. The number of nitrogens with one attached hydrogen (secondary N) is 1. The third-order valence-electron chi connectivity index (χ3n) is 6.03. The monoisotopic (exact) mass is 538 g/mol. The molecule has 0 saturated carbocycles. The summed E-state index contributed by atoms with van der Waals surface area (Å²) in [4.78, 5) is 17.3. The Morgan fingerprint density at radius 1 is 0.949 bits per heavy atom. The summed E-state index contributed by atoms with van der Waals surface area (Å²) in [5, 5.41) is 7.37. The van der Waals surface area contributed by atoms with Gasteiger partial charge in [0, 0.05) is 17.9 Å². The summed E-state index contributed by atoms with van der Waals surface area (Å²) in [6.07, 6.45) is -3.80. The molecule has 0 aliphatic carbocycles. The van der Waals surface area contributed by atoms with Crippen LogP contribution in [-0.2, 0) is 15.7 Å². The van der Waals surface area contributed by atoms with Gasteiger partial charge >= 0.3 is 12.2 Å². The van der Waals surface area contributed by atoms with Gasteiger partial charge in [-0.3, -0.25) is 4.79 Å². The minimum atomic E-state index is -4.45. The van der Waals surface area contributed by atoms with Crippen LogP contribution in [0.4, 0.5) is 18.9 Å². The number of carbonyl (C=O) groups excluding carboxylic acids is 1. The molecule has 0 spiro atoms. The van der Waals surface area contributed by atoms with Gasteiger partial charge in [0.1, 0.15) is 6.61 Å². The van der Waals surface area contributed by atoms with Crippen molar-refractivity contribution in [2.45, 2.75) is 32.4 Å². The van der Waals surface area contributed by atoms with Crippen molar-refractivity contribution in [3.8, 4) is 23.1 Å². The van der Waals surface area contributed by atoms with Crippen molar-refractivity contribution in [3.05, 3.63) is 90.0 Å². The molecule has 4 aromatic rings. The van der Waals surface area contributed by atoms with Crippen LogP contribution >= 0.6 is 0 Å². The van der Waals surface area contributed by atoms with Crippen LogP contribution in [0, 0.1) is 0 Å². The van der Waals surface area contributed by atoms with Gasteiger partial charge in [-0.15, -0.1) is 5.10 Å². The first-order valence-corrected chi connectivity index (χ1v) is 12.6. The van der Waals surface area contributed by atoms with Crippen molar-refractivity contribution in [1.29, 1.82) is 0 Å². The van der Waals surface area contributed by atoms with Crippen LogP contribution in [0.25, 0.3) is 17.1 Å². The highest BCUT2D eigenvalue weighted by Gasteiger charge is 2.30. The quantitative estimate of drug-likeness (QED) is 0.221. The fraction of sp³-hybridized carbons (Fsp3) is 0.276. The summed E-state index contributed by atoms with van der Waals surface area (Å²) in [5.41, 5.74) is 1.80. The van der Waals surface area contributed by atoms with E-state index in [1.165, 1.54) is 16.8 Å². The van der Waals surface area contributed by atoms with Crippen LogP contribution in [0.1, 0.15) is 37.3 Å². The summed E-state index contributed by atoms with van der Waals surface area (Å²) in [6.45, 7) is 4.93. The zero-order chi connectivity index (χ0) is 27.8. The van der Waals surface area contributed by atoms with Crippen LogP contribution in [0.2, 0.25) is 0 Å². The SMILES string of the molecule is CCOCCOc1nc(-c2ccc(C(F)(F)F)cc2)n(-c2ccc(NC(=O)C(CC)c3ccccc3)cc2)n1. The zero-order valence-electron chi connectivity index (χ0n) is 21.6. The van der Waals surface area contributed by atoms with E-state index in [2.05, 4.69) is 15.4 Å². The number of amides is 1.